The SMILES string of the molecule is C=CCO[C@@H]1CC=CC[C@@H]1O. The fourth-order valence-electron chi connectivity index (χ4n) is 1.15. The second-order valence-electron chi connectivity index (χ2n) is 2.67. The van der Waals surface area contributed by atoms with Gasteiger partial charge in [-0.1, -0.05) is 18.2 Å². The van der Waals surface area contributed by atoms with E-state index in [1.165, 1.54) is 0 Å². The fraction of sp³-hybridized carbons (Fsp3) is 0.556. The molecule has 0 saturated heterocycles. The molecule has 62 valence electrons. The topological polar surface area (TPSA) is 29.5 Å². The highest BCUT2D eigenvalue weighted by Crippen LogP contribution is 2.14. The van der Waals surface area contributed by atoms with Gasteiger partial charge in [-0.3, -0.25) is 0 Å². The molecule has 2 atom stereocenters. The lowest BCUT2D eigenvalue weighted by Crippen LogP contribution is -2.30. The molecule has 0 radical (unpaired) electrons. The van der Waals surface area contributed by atoms with E-state index in [2.05, 4.69) is 6.58 Å². The van der Waals surface area contributed by atoms with Gasteiger partial charge in [-0.2, -0.15) is 0 Å². The summed E-state index contributed by atoms with van der Waals surface area (Å²) in [5, 5.41) is 9.39. The van der Waals surface area contributed by atoms with Gasteiger partial charge in [0.05, 0.1) is 18.8 Å². The van der Waals surface area contributed by atoms with Gasteiger partial charge in [0.25, 0.3) is 0 Å². The van der Waals surface area contributed by atoms with Crippen LogP contribution in [0.5, 0.6) is 0 Å². The van der Waals surface area contributed by atoms with Gasteiger partial charge in [0.2, 0.25) is 0 Å². The Labute approximate surface area is 67.2 Å². The van der Waals surface area contributed by atoms with Crippen LogP contribution in [0.15, 0.2) is 24.8 Å². The van der Waals surface area contributed by atoms with Gasteiger partial charge >= 0.3 is 0 Å². The maximum atomic E-state index is 9.39. The van der Waals surface area contributed by atoms with Crippen LogP contribution in [-0.4, -0.2) is 23.9 Å². The summed E-state index contributed by atoms with van der Waals surface area (Å²) in [4.78, 5) is 0. The smallest absolute Gasteiger partial charge is 0.0875 e. The molecule has 1 aliphatic rings. The molecular formula is C9H14O2. The Hall–Kier alpha value is -0.600. The van der Waals surface area contributed by atoms with Gasteiger partial charge in [0.15, 0.2) is 0 Å². The van der Waals surface area contributed by atoms with Crippen molar-refractivity contribution in [3.05, 3.63) is 24.8 Å². The summed E-state index contributed by atoms with van der Waals surface area (Å²) < 4.78 is 5.33. The largest absolute Gasteiger partial charge is 0.390 e. The summed E-state index contributed by atoms with van der Waals surface area (Å²) >= 11 is 0. The highest BCUT2D eigenvalue weighted by atomic mass is 16.5. The van der Waals surface area contributed by atoms with Crippen LogP contribution in [-0.2, 0) is 4.74 Å². The zero-order chi connectivity index (χ0) is 8.10. The van der Waals surface area contributed by atoms with Crippen LogP contribution >= 0.6 is 0 Å². The average Bonchev–Trinajstić information content (AvgIpc) is 2.03. The monoisotopic (exact) mass is 154 g/mol. The zero-order valence-electron chi connectivity index (χ0n) is 6.57. The van der Waals surface area contributed by atoms with Gasteiger partial charge in [0.1, 0.15) is 0 Å². The minimum atomic E-state index is -0.333. The molecule has 0 spiro atoms. The highest BCUT2D eigenvalue weighted by Gasteiger charge is 2.19. The second kappa shape index (κ2) is 4.31. The number of hydrogen-bond donors (Lipinski definition) is 1. The minimum Gasteiger partial charge on any atom is -0.390 e. The van der Waals surface area contributed by atoms with E-state index in [1.54, 1.807) is 6.08 Å². The molecule has 0 fully saturated rings. The van der Waals surface area contributed by atoms with Crippen molar-refractivity contribution < 1.29 is 9.84 Å². The van der Waals surface area contributed by atoms with Crippen LogP contribution in [0, 0.1) is 0 Å². The second-order valence-corrected chi connectivity index (χ2v) is 2.67. The molecule has 0 unspecified atom stereocenters. The summed E-state index contributed by atoms with van der Waals surface area (Å²) in [7, 11) is 0. The molecule has 2 nitrogen and oxygen atoms in total. The molecule has 0 heterocycles. The Kier molecular flexibility index (Phi) is 3.33. The fourth-order valence-corrected chi connectivity index (χ4v) is 1.15. The number of hydrogen-bond acceptors (Lipinski definition) is 2. The number of rotatable bonds is 3. The molecule has 1 N–H and O–H groups in total. The van der Waals surface area contributed by atoms with Gasteiger partial charge in [-0.15, -0.1) is 6.58 Å². The predicted molar refractivity (Wildman–Crippen MR) is 44.3 cm³/mol. The van der Waals surface area contributed by atoms with E-state index >= 15 is 0 Å². The molecular weight excluding hydrogens is 140 g/mol. The van der Waals surface area contributed by atoms with E-state index in [-0.39, 0.29) is 12.2 Å². The van der Waals surface area contributed by atoms with E-state index in [4.69, 9.17) is 4.74 Å². The average molecular weight is 154 g/mol. The van der Waals surface area contributed by atoms with Crippen molar-refractivity contribution >= 4 is 0 Å². The molecule has 11 heavy (non-hydrogen) atoms. The van der Waals surface area contributed by atoms with Crippen LogP contribution in [0.4, 0.5) is 0 Å². The van der Waals surface area contributed by atoms with E-state index in [9.17, 15) is 5.11 Å². The highest BCUT2D eigenvalue weighted by molar-refractivity contribution is 4.95. The molecule has 1 rings (SSSR count). The molecule has 0 aromatic rings. The molecule has 0 aliphatic heterocycles. The van der Waals surface area contributed by atoms with Crippen LogP contribution in [0.3, 0.4) is 0 Å². The van der Waals surface area contributed by atoms with Crippen LogP contribution in [0.1, 0.15) is 12.8 Å². The number of aliphatic hydroxyl groups is 1. The van der Waals surface area contributed by atoms with Gasteiger partial charge in [-0.25, -0.2) is 0 Å². The molecule has 1 aliphatic carbocycles. The van der Waals surface area contributed by atoms with Crippen LogP contribution < -0.4 is 0 Å². The Morgan fingerprint density at radius 3 is 2.91 bits per heavy atom. The summed E-state index contributed by atoms with van der Waals surface area (Å²) in [5.41, 5.74) is 0. The standard InChI is InChI=1S/C9H14O2/c1-2-7-11-9-6-4-3-5-8(9)10/h2-4,8-10H,1,5-7H2/t8-,9+/m0/s1. The van der Waals surface area contributed by atoms with Crippen molar-refractivity contribution in [2.75, 3.05) is 6.61 Å². The van der Waals surface area contributed by atoms with Crippen molar-refractivity contribution in [2.45, 2.75) is 25.0 Å². The summed E-state index contributed by atoms with van der Waals surface area (Å²) in [6, 6.07) is 0. The van der Waals surface area contributed by atoms with Crippen molar-refractivity contribution in [3.8, 4) is 0 Å². The molecule has 0 aromatic heterocycles. The predicted octanol–water partition coefficient (Wildman–Crippen LogP) is 1.27. The van der Waals surface area contributed by atoms with E-state index in [0.717, 1.165) is 6.42 Å². The third kappa shape index (κ3) is 2.48. The van der Waals surface area contributed by atoms with Gasteiger partial charge in [-0.05, 0) is 12.8 Å². The Morgan fingerprint density at radius 1 is 1.55 bits per heavy atom. The number of aliphatic hydroxyl groups excluding tert-OH is 1. The first-order valence-electron chi connectivity index (χ1n) is 3.90. The Balaban J connectivity index is 2.31. The lowest BCUT2D eigenvalue weighted by Gasteiger charge is -2.23. The quantitative estimate of drug-likeness (QED) is 0.620. The van der Waals surface area contributed by atoms with Gasteiger partial charge in [0, 0.05) is 0 Å². The third-order valence-corrected chi connectivity index (χ3v) is 1.77. The zero-order valence-corrected chi connectivity index (χ0v) is 6.57. The molecule has 0 aromatic carbocycles. The van der Waals surface area contributed by atoms with Gasteiger partial charge < -0.3 is 9.84 Å². The van der Waals surface area contributed by atoms with Crippen LogP contribution in [0.25, 0.3) is 0 Å². The first-order chi connectivity index (χ1) is 5.34. The normalized spacial score (nSPS) is 30.3. The third-order valence-electron chi connectivity index (χ3n) is 1.77. The lowest BCUT2D eigenvalue weighted by molar-refractivity contribution is -0.0263. The van der Waals surface area contributed by atoms with E-state index in [1.807, 2.05) is 12.2 Å². The maximum absolute atomic E-state index is 9.39. The van der Waals surface area contributed by atoms with Crippen molar-refractivity contribution in [2.24, 2.45) is 0 Å². The van der Waals surface area contributed by atoms with Crippen molar-refractivity contribution in [1.29, 1.82) is 0 Å². The molecule has 0 saturated carbocycles. The Morgan fingerprint density at radius 2 is 2.27 bits per heavy atom. The van der Waals surface area contributed by atoms with Crippen molar-refractivity contribution in [3.63, 3.8) is 0 Å². The molecule has 0 bridgehead atoms. The minimum absolute atomic E-state index is 0.0296. The first kappa shape index (κ1) is 8.50. The Bertz CT molecular complexity index is 152. The van der Waals surface area contributed by atoms with E-state index < -0.39 is 0 Å². The maximum Gasteiger partial charge on any atom is 0.0875 e. The molecule has 2 heteroatoms. The number of ether oxygens (including phenoxy) is 1. The summed E-state index contributed by atoms with van der Waals surface area (Å²) in [5.74, 6) is 0. The summed E-state index contributed by atoms with van der Waals surface area (Å²) in [6.45, 7) is 4.07. The van der Waals surface area contributed by atoms with E-state index in [0.29, 0.717) is 13.0 Å². The van der Waals surface area contributed by atoms with Crippen molar-refractivity contribution in [1.82, 2.24) is 0 Å². The van der Waals surface area contributed by atoms with Crippen LogP contribution in [0.2, 0.25) is 0 Å². The summed E-state index contributed by atoms with van der Waals surface area (Å²) in [6.07, 6.45) is 6.89. The molecule has 0 amide bonds. The first-order valence-corrected chi connectivity index (χ1v) is 3.90. The lowest BCUT2D eigenvalue weighted by atomic mass is 10.0.